The number of hydrogen-bond donors (Lipinski definition) is 0. The molecule has 2 aromatic carbocycles. The van der Waals surface area contributed by atoms with Crippen LogP contribution in [0.1, 0.15) is 23.8 Å². The third-order valence-electron chi connectivity index (χ3n) is 5.47. The molecule has 6 heteroatoms. The molecule has 29 heavy (non-hydrogen) atoms. The van der Waals surface area contributed by atoms with E-state index in [-0.39, 0.29) is 17.4 Å². The fourth-order valence-electron chi connectivity index (χ4n) is 4.02. The summed E-state index contributed by atoms with van der Waals surface area (Å²) in [7, 11) is 0. The average molecular weight is 406 g/mol. The SMILES string of the molecule is O=C1CS[C@@H](c2cn(-c3ccccc3)nc2-c2ccccc2)N1C[C@H]1CCCO1. The van der Waals surface area contributed by atoms with Crippen molar-refractivity contribution in [1.29, 1.82) is 0 Å². The number of hydrogen-bond acceptors (Lipinski definition) is 4. The van der Waals surface area contributed by atoms with Crippen LogP contribution in [0.25, 0.3) is 16.9 Å². The third-order valence-corrected chi connectivity index (χ3v) is 6.71. The standard InChI is InChI=1S/C23H23N3O2S/c27-21-16-29-23(25(21)14-19-12-7-13-28-19)20-15-26(18-10-5-2-6-11-18)24-22(20)17-8-3-1-4-9-17/h1-6,8-11,15,19,23H,7,12-14,16H2/t19-,23+/m1/s1. The van der Waals surface area contributed by atoms with Gasteiger partial charge in [-0.3, -0.25) is 4.79 Å². The van der Waals surface area contributed by atoms with Gasteiger partial charge in [-0.2, -0.15) is 5.10 Å². The molecule has 2 atom stereocenters. The summed E-state index contributed by atoms with van der Waals surface area (Å²) in [4.78, 5) is 14.7. The van der Waals surface area contributed by atoms with E-state index in [0.717, 1.165) is 42.0 Å². The zero-order chi connectivity index (χ0) is 19.6. The lowest BCUT2D eigenvalue weighted by Gasteiger charge is -2.26. The molecule has 5 rings (SSSR count). The molecule has 1 aromatic heterocycles. The highest BCUT2D eigenvalue weighted by atomic mass is 32.2. The van der Waals surface area contributed by atoms with Gasteiger partial charge in [-0.1, -0.05) is 48.5 Å². The van der Waals surface area contributed by atoms with Crippen LogP contribution in [-0.4, -0.2) is 45.6 Å². The number of carbonyl (C=O) groups excluding carboxylic acids is 1. The maximum atomic E-state index is 12.7. The summed E-state index contributed by atoms with van der Waals surface area (Å²) >= 11 is 1.68. The van der Waals surface area contributed by atoms with E-state index in [9.17, 15) is 4.79 Å². The highest BCUT2D eigenvalue weighted by molar-refractivity contribution is 8.00. The summed E-state index contributed by atoms with van der Waals surface area (Å²) < 4.78 is 7.73. The van der Waals surface area contributed by atoms with Gasteiger partial charge in [0.15, 0.2) is 0 Å². The van der Waals surface area contributed by atoms with Crippen LogP contribution in [0.3, 0.4) is 0 Å². The van der Waals surface area contributed by atoms with Crippen LogP contribution < -0.4 is 0 Å². The van der Waals surface area contributed by atoms with E-state index in [1.165, 1.54) is 0 Å². The van der Waals surface area contributed by atoms with Crippen molar-refractivity contribution in [2.24, 2.45) is 0 Å². The molecular formula is C23H23N3O2S. The number of amides is 1. The molecule has 0 unspecified atom stereocenters. The Kier molecular flexibility index (Phi) is 5.12. The van der Waals surface area contributed by atoms with Crippen molar-refractivity contribution in [2.75, 3.05) is 18.9 Å². The normalized spacial score (nSPS) is 21.8. The number of ether oxygens (including phenoxy) is 1. The van der Waals surface area contributed by atoms with E-state index in [4.69, 9.17) is 9.84 Å². The summed E-state index contributed by atoms with van der Waals surface area (Å²) in [5.74, 6) is 0.684. The lowest BCUT2D eigenvalue weighted by molar-refractivity contribution is -0.129. The van der Waals surface area contributed by atoms with E-state index in [2.05, 4.69) is 18.3 Å². The molecule has 0 N–H and O–H groups in total. The van der Waals surface area contributed by atoms with Crippen molar-refractivity contribution in [2.45, 2.75) is 24.3 Å². The van der Waals surface area contributed by atoms with Crippen LogP contribution in [-0.2, 0) is 9.53 Å². The van der Waals surface area contributed by atoms with Crippen LogP contribution in [0.2, 0.25) is 0 Å². The minimum absolute atomic E-state index is 0.0423. The van der Waals surface area contributed by atoms with Crippen LogP contribution >= 0.6 is 11.8 Å². The van der Waals surface area contributed by atoms with Crippen LogP contribution in [0.4, 0.5) is 0 Å². The first-order chi connectivity index (χ1) is 14.3. The minimum atomic E-state index is -0.0423. The Balaban J connectivity index is 1.55. The van der Waals surface area contributed by atoms with Gasteiger partial charge in [-0.25, -0.2) is 4.68 Å². The fraction of sp³-hybridized carbons (Fsp3) is 0.304. The van der Waals surface area contributed by atoms with Gasteiger partial charge >= 0.3 is 0 Å². The van der Waals surface area contributed by atoms with Crippen molar-refractivity contribution < 1.29 is 9.53 Å². The predicted octanol–water partition coefficient (Wildman–Crippen LogP) is 4.29. The lowest BCUT2D eigenvalue weighted by Crippen LogP contribution is -2.35. The van der Waals surface area contributed by atoms with Gasteiger partial charge in [0.05, 0.1) is 23.2 Å². The van der Waals surface area contributed by atoms with Gasteiger partial charge in [0, 0.05) is 30.5 Å². The van der Waals surface area contributed by atoms with Crippen LogP contribution in [0, 0.1) is 0 Å². The van der Waals surface area contributed by atoms with E-state index in [1.54, 1.807) is 11.8 Å². The van der Waals surface area contributed by atoms with Crippen molar-refractivity contribution in [3.63, 3.8) is 0 Å². The molecule has 0 saturated carbocycles. The summed E-state index contributed by atoms with van der Waals surface area (Å²) in [5.41, 5.74) is 4.08. The second-order valence-electron chi connectivity index (χ2n) is 7.42. The Bertz CT molecular complexity index is 984. The van der Waals surface area contributed by atoms with E-state index >= 15 is 0 Å². The second-order valence-corrected chi connectivity index (χ2v) is 8.49. The van der Waals surface area contributed by atoms with Crippen LogP contribution in [0.15, 0.2) is 66.9 Å². The highest BCUT2D eigenvalue weighted by Gasteiger charge is 2.37. The monoisotopic (exact) mass is 405 g/mol. The van der Waals surface area contributed by atoms with E-state index in [1.807, 2.05) is 58.1 Å². The molecule has 0 bridgehead atoms. The molecule has 2 saturated heterocycles. The van der Waals surface area contributed by atoms with Gasteiger partial charge in [0.1, 0.15) is 5.37 Å². The first-order valence-corrected chi connectivity index (χ1v) is 11.1. The zero-order valence-electron chi connectivity index (χ0n) is 16.1. The number of benzene rings is 2. The highest BCUT2D eigenvalue weighted by Crippen LogP contribution is 2.43. The molecular weight excluding hydrogens is 382 g/mol. The smallest absolute Gasteiger partial charge is 0.233 e. The topological polar surface area (TPSA) is 47.4 Å². The molecule has 2 aliphatic heterocycles. The van der Waals surface area contributed by atoms with Gasteiger partial charge < -0.3 is 9.64 Å². The molecule has 0 aliphatic carbocycles. The molecule has 2 aliphatic rings. The van der Waals surface area contributed by atoms with Gasteiger partial charge in [0.2, 0.25) is 5.91 Å². The van der Waals surface area contributed by atoms with Crippen molar-refractivity contribution in [1.82, 2.24) is 14.7 Å². The predicted molar refractivity (Wildman–Crippen MR) is 115 cm³/mol. The maximum absolute atomic E-state index is 12.7. The molecule has 1 amide bonds. The van der Waals surface area contributed by atoms with Gasteiger partial charge in [-0.05, 0) is 25.0 Å². The first kappa shape index (κ1) is 18.5. The molecule has 148 valence electrons. The van der Waals surface area contributed by atoms with Gasteiger partial charge in [-0.15, -0.1) is 11.8 Å². The molecule has 2 fully saturated rings. The number of nitrogens with zero attached hydrogens (tertiary/aromatic N) is 3. The summed E-state index contributed by atoms with van der Waals surface area (Å²) in [5, 5.41) is 4.88. The summed E-state index contributed by atoms with van der Waals surface area (Å²) in [6.07, 6.45) is 4.32. The first-order valence-electron chi connectivity index (χ1n) is 10.0. The number of carbonyl (C=O) groups is 1. The molecule has 5 nitrogen and oxygen atoms in total. The summed E-state index contributed by atoms with van der Waals surface area (Å²) in [6.45, 7) is 1.45. The number of aromatic nitrogens is 2. The lowest BCUT2D eigenvalue weighted by atomic mass is 10.1. The number of thioether (sulfide) groups is 1. The Morgan fingerprint density at radius 1 is 1.07 bits per heavy atom. The molecule has 0 radical (unpaired) electrons. The third kappa shape index (κ3) is 3.70. The molecule has 0 spiro atoms. The Morgan fingerprint density at radius 2 is 1.83 bits per heavy atom. The minimum Gasteiger partial charge on any atom is -0.376 e. The quantitative estimate of drug-likeness (QED) is 0.635. The largest absolute Gasteiger partial charge is 0.376 e. The van der Waals surface area contributed by atoms with Crippen molar-refractivity contribution in [3.05, 3.63) is 72.4 Å². The molecule has 3 aromatic rings. The van der Waals surface area contributed by atoms with Gasteiger partial charge in [0.25, 0.3) is 0 Å². The average Bonchev–Trinajstić information content (AvgIpc) is 3.51. The number of rotatable bonds is 5. The van der Waals surface area contributed by atoms with Crippen LogP contribution in [0.5, 0.6) is 0 Å². The Hall–Kier alpha value is -2.57. The summed E-state index contributed by atoms with van der Waals surface area (Å²) in [6, 6.07) is 20.3. The van der Waals surface area contributed by atoms with E-state index in [0.29, 0.717) is 12.3 Å². The van der Waals surface area contributed by atoms with Crippen molar-refractivity contribution >= 4 is 17.7 Å². The Morgan fingerprint density at radius 3 is 2.55 bits per heavy atom. The fourth-order valence-corrected chi connectivity index (χ4v) is 5.22. The van der Waals surface area contributed by atoms with E-state index < -0.39 is 0 Å². The Labute approximate surface area is 174 Å². The zero-order valence-corrected chi connectivity index (χ0v) is 16.9. The van der Waals surface area contributed by atoms with Crippen molar-refractivity contribution in [3.8, 4) is 16.9 Å². The molecule has 3 heterocycles. The maximum Gasteiger partial charge on any atom is 0.233 e. The second kappa shape index (κ2) is 8.05. The number of para-hydroxylation sites is 1.